The fraction of sp³-hybridized carbons (Fsp3) is 1.00. The maximum Gasteiger partial charge on any atom is 0.104 e. The lowest BCUT2D eigenvalue weighted by Gasteiger charge is -2.19. The zero-order chi connectivity index (χ0) is 8.88. The monoisotopic (exact) mass is 170 g/mol. The molecule has 2 rings (SSSR count). The Labute approximate surface area is 74.5 Å². The topological polar surface area (TPSA) is 0 Å². The smallest absolute Gasteiger partial charge is 0.104 e. The number of hydrogen-bond donors (Lipinski definition) is 0. The van der Waals surface area contributed by atoms with Crippen LogP contribution < -0.4 is 0 Å². The fourth-order valence-corrected chi connectivity index (χ4v) is 2.59. The van der Waals surface area contributed by atoms with E-state index in [0.717, 1.165) is 24.2 Å². The van der Waals surface area contributed by atoms with E-state index in [1.807, 2.05) is 0 Å². The fourth-order valence-electron chi connectivity index (χ4n) is 2.59. The summed E-state index contributed by atoms with van der Waals surface area (Å²) >= 11 is 0. The van der Waals surface area contributed by atoms with Gasteiger partial charge in [-0.3, -0.25) is 0 Å². The normalized spacial score (nSPS) is 50.0. The number of hydrogen-bond acceptors (Lipinski definition) is 0. The second-order valence-corrected chi connectivity index (χ2v) is 5.01. The van der Waals surface area contributed by atoms with Crippen molar-refractivity contribution in [1.82, 2.24) is 0 Å². The van der Waals surface area contributed by atoms with Crippen molar-refractivity contribution in [2.45, 2.75) is 39.8 Å². The van der Waals surface area contributed by atoms with Gasteiger partial charge in [-0.25, -0.2) is 4.39 Å². The van der Waals surface area contributed by atoms with E-state index >= 15 is 0 Å². The van der Waals surface area contributed by atoms with Crippen molar-refractivity contribution in [3.8, 4) is 0 Å². The predicted octanol–water partition coefficient (Wildman–Crippen LogP) is 3.27. The van der Waals surface area contributed by atoms with Gasteiger partial charge in [0.15, 0.2) is 0 Å². The molecule has 0 bridgehead atoms. The van der Waals surface area contributed by atoms with Crippen molar-refractivity contribution in [3.63, 3.8) is 0 Å². The van der Waals surface area contributed by atoms with E-state index in [1.165, 1.54) is 6.42 Å². The first kappa shape index (κ1) is 8.52. The molecule has 0 aromatic carbocycles. The summed E-state index contributed by atoms with van der Waals surface area (Å²) in [5, 5.41) is 0. The molecule has 0 aromatic rings. The van der Waals surface area contributed by atoms with Gasteiger partial charge in [0.05, 0.1) is 0 Å². The highest BCUT2D eigenvalue weighted by molar-refractivity contribution is 4.96. The van der Waals surface area contributed by atoms with Gasteiger partial charge in [0, 0.05) is 0 Å². The second-order valence-electron chi connectivity index (χ2n) is 5.01. The molecule has 0 aromatic heterocycles. The van der Waals surface area contributed by atoms with Gasteiger partial charge >= 0.3 is 0 Å². The van der Waals surface area contributed by atoms with Crippen molar-refractivity contribution in [1.29, 1.82) is 0 Å². The lowest BCUT2D eigenvalue weighted by Crippen LogP contribution is -2.14. The van der Waals surface area contributed by atoms with Gasteiger partial charge in [-0.2, -0.15) is 0 Å². The highest BCUT2D eigenvalue weighted by Gasteiger charge is 2.48. The summed E-state index contributed by atoms with van der Waals surface area (Å²) < 4.78 is 12.8. The predicted molar refractivity (Wildman–Crippen MR) is 48.6 cm³/mol. The second kappa shape index (κ2) is 2.71. The van der Waals surface area contributed by atoms with Crippen LogP contribution in [-0.2, 0) is 0 Å². The van der Waals surface area contributed by atoms with E-state index in [1.54, 1.807) is 0 Å². The van der Waals surface area contributed by atoms with Crippen LogP contribution in [0, 0.1) is 29.6 Å². The van der Waals surface area contributed by atoms with Crippen LogP contribution in [0.3, 0.4) is 0 Å². The van der Waals surface area contributed by atoms with Crippen LogP contribution in [0.2, 0.25) is 0 Å². The molecule has 6 atom stereocenters. The van der Waals surface area contributed by atoms with E-state index in [4.69, 9.17) is 0 Å². The third-order valence-electron chi connectivity index (χ3n) is 4.11. The maximum absolute atomic E-state index is 12.8. The summed E-state index contributed by atoms with van der Waals surface area (Å²) in [4.78, 5) is 0. The Morgan fingerprint density at radius 1 is 1.08 bits per heavy atom. The molecule has 5 unspecified atom stereocenters. The van der Waals surface area contributed by atoms with Crippen LogP contribution in [0.15, 0.2) is 0 Å². The lowest BCUT2D eigenvalue weighted by atomic mass is 9.87. The largest absolute Gasteiger partial charge is 0.247 e. The molecule has 0 saturated heterocycles. The zero-order valence-corrected chi connectivity index (χ0v) is 8.26. The quantitative estimate of drug-likeness (QED) is 0.609. The Hall–Kier alpha value is -0.0700. The van der Waals surface area contributed by atoms with E-state index < -0.39 is 6.17 Å². The summed E-state index contributed by atoms with van der Waals surface area (Å²) in [5.41, 5.74) is 0. The molecule has 2 fully saturated rings. The van der Waals surface area contributed by atoms with Crippen LogP contribution in [0.1, 0.15) is 33.6 Å². The standard InChI is InChI=1S/C11H19F/c1-6-4-9(6)7(2)8(3)10-5-11(10)12/h6-11H,4-5H2,1-3H3/t6?,7?,8?,9?,10-,11?/m1/s1. The Balaban J connectivity index is 1.83. The van der Waals surface area contributed by atoms with Gasteiger partial charge in [0.2, 0.25) is 0 Å². The lowest BCUT2D eigenvalue weighted by molar-refractivity contribution is 0.273. The molecule has 12 heavy (non-hydrogen) atoms. The molecule has 0 aliphatic heterocycles. The Kier molecular flexibility index (Phi) is 1.93. The van der Waals surface area contributed by atoms with Gasteiger partial charge in [0.25, 0.3) is 0 Å². The van der Waals surface area contributed by atoms with Crippen molar-refractivity contribution in [2.75, 3.05) is 0 Å². The average Bonchev–Trinajstić information content (AvgIpc) is 2.88. The minimum Gasteiger partial charge on any atom is -0.247 e. The summed E-state index contributed by atoms with van der Waals surface area (Å²) in [6.07, 6.45) is 1.76. The van der Waals surface area contributed by atoms with Crippen LogP contribution >= 0.6 is 0 Å². The zero-order valence-electron chi connectivity index (χ0n) is 8.26. The average molecular weight is 170 g/mol. The Morgan fingerprint density at radius 3 is 1.83 bits per heavy atom. The minimum atomic E-state index is -0.462. The van der Waals surface area contributed by atoms with Crippen molar-refractivity contribution in [2.24, 2.45) is 29.6 Å². The van der Waals surface area contributed by atoms with Gasteiger partial charge in [-0.05, 0) is 42.4 Å². The molecule has 0 radical (unpaired) electrons. The van der Waals surface area contributed by atoms with Crippen LogP contribution in [0.25, 0.3) is 0 Å². The van der Waals surface area contributed by atoms with E-state index in [-0.39, 0.29) is 0 Å². The molecular formula is C11H19F. The highest BCUT2D eigenvalue weighted by Crippen LogP contribution is 2.52. The van der Waals surface area contributed by atoms with Crippen molar-refractivity contribution >= 4 is 0 Å². The minimum absolute atomic E-state index is 0.410. The molecular weight excluding hydrogens is 151 g/mol. The number of rotatable bonds is 3. The first-order valence-electron chi connectivity index (χ1n) is 5.25. The van der Waals surface area contributed by atoms with Gasteiger partial charge in [0.1, 0.15) is 6.17 Å². The maximum atomic E-state index is 12.8. The number of alkyl halides is 1. The van der Waals surface area contributed by atoms with E-state index in [2.05, 4.69) is 20.8 Å². The molecule has 70 valence electrons. The SMILES string of the molecule is CC1CC1C(C)C(C)[C@H]1CC1F. The van der Waals surface area contributed by atoms with Gasteiger partial charge < -0.3 is 0 Å². The molecule has 0 nitrogen and oxygen atoms in total. The van der Waals surface area contributed by atoms with Crippen molar-refractivity contribution < 1.29 is 4.39 Å². The highest BCUT2D eigenvalue weighted by atomic mass is 19.1. The number of halogens is 1. The van der Waals surface area contributed by atoms with Crippen LogP contribution in [0.4, 0.5) is 4.39 Å². The van der Waals surface area contributed by atoms with E-state index in [0.29, 0.717) is 11.8 Å². The molecule has 0 spiro atoms. The molecule has 0 N–H and O–H groups in total. The van der Waals surface area contributed by atoms with Crippen LogP contribution in [0.5, 0.6) is 0 Å². The summed E-state index contributed by atoms with van der Waals surface area (Å²) in [6.45, 7) is 6.86. The molecule has 2 aliphatic rings. The first-order valence-corrected chi connectivity index (χ1v) is 5.25. The van der Waals surface area contributed by atoms with E-state index in [9.17, 15) is 4.39 Å². The van der Waals surface area contributed by atoms with Gasteiger partial charge in [-0.1, -0.05) is 20.8 Å². The molecule has 0 heterocycles. The molecule has 2 aliphatic carbocycles. The third kappa shape index (κ3) is 1.38. The molecule has 0 amide bonds. The summed E-state index contributed by atoms with van der Waals surface area (Å²) in [7, 11) is 0. The summed E-state index contributed by atoms with van der Waals surface area (Å²) in [5.74, 6) is 3.61. The van der Waals surface area contributed by atoms with Gasteiger partial charge in [-0.15, -0.1) is 0 Å². The third-order valence-corrected chi connectivity index (χ3v) is 4.11. The summed E-state index contributed by atoms with van der Waals surface area (Å²) in [6, 6.07) is 0. The first-order chi connectivity index (χ1) is 5.61. The molecule has 2 saturated carbocycles. The van der Waals surface area contributed by atoms with Crippen LogP contribution in [-0.4, -0.2) is 6.17 Å². The Morgan fingerprint density at radius 2 is 1.50 bits per heavy atom. The Bertz CT molecular complexity index is 158. The van der Waals surface area contributed by atoms with Crippen molar-refractivity contribution in [3.05, 3.63) is 0 Å². The molecule has 1 heteroatoms.